The maximum Gasteiger partial charge on any atom is 0.128 e. The molecule has 1 aromatic carbocycles. The zero-order chi connectivity index (χ0) is 22.5. The molecule has 0 spiro atoms. The summed E-state index contributed by atoms with van der Waals surface area (Å²) in [6.45, 7) is 3.94. The lowest BCUT2D eigenvalue weighted by atomic mass is 9.91. The van der Waals surface area contributed by atoms with Gasteiger partial charge in [0, 0.05) is 60.3 Å². The number of nitrogens with zero attached hydrogens (tertiary/aromatic N) is 4. The van der Waals surface area contributed by atoms with Crippen molar-refractivity contribution in [1.82, 2.24) is 25.5 Å². The lowest BCUT2D eigenvalue weighted by molar-refractivity contribution is 0.225. The number of piperazine rings is 1. The molecular formula is C24H22Cl2N6O. The van der Waals surface area contributed by atoms with Gasteiger partial charge in [0.15, 0.2) is 0 Å². The van der Waals surface area contributed by atoms with Crippen LogP contribution in [0.3, 0.4) is 0 Å². The second kappa shape index (κ2) is 8.17. The van der Waals surface area contributed by atoms with Gasteiger partial charge in [-0.15, -0.1) is 0 Å². The Labute approximate surface area is 201 Å². The average Bonchev–Trinajstić information content (AvgIpc) is 3.22. The highest BCUT2D eigenvalue weighted by Gasteiger charge is 2.36. The molecule has 0 saturated carbocycles. The Morgan fingerprint density at radius 3 is 2.52 bits per heavy atom. The summed E-state index contributed by atoms with van der Waals surface area (Å²) < 4.78 is 6.18. The Kier molecular flexibility index (Phi) is 5.13. The summed E-state index contributed by atoms with van der Waals surface area (Å²) in [6.07, 6.45) is 5.97. The van der Waals surface area contributed by atoms with E-state index in [9.17, 15) is 0 Å². The minimum absolute atomic E-state index is 0.341. The van der Waals surface area contributed by atoms with Gasteiger partial charge >= 0.3 is 0 Å². The topological polar surface area (TPSA) is 79.0 Å². The first-order chi connectivity index (χ1) is 16.0. The van der Waals surface area contributed by atoms with Gasteiger partial charge in [-0.3, -0.25) is 10.1 Å². The summed E-state index contributed by atoms with van der Waals surface area (Å²) in [4.78, 5) is 11.1. The van der Waals surface area contributed by atoms with E-state index in [1.54, 1.807) is 12.4 Å². The summed E-state index contributed by atoms with van der Waals surface area (Å²) in [7, 11) is 0. The molecule has 7 nitrogen and oxygen atoms in total. The third-order valence-electron chi connectivity index (χ3n) is 6.41. The highest BCUT2D eigenvalue weighted by atomic mass is 35.5. The number of hydrogen-bond donors (Lipinski definition) is 2. The minimum atomic E-state index is -0.341. The molecule has 168 valence electrons. The van der Waals surface area contributed by atoms with Crippen LogP contribution in [0.4, 0.5) is 5.82 Å². The molecule has 3 saturated heterocycles. The van der Waals surface area contributed by atoms with E-state index in [1.165, 1.54) is 6.42 Å². The first kappa shape index (κ1) is 20.7. The fraction of sp³-hybridized carbons (Fsp3) is 0.292. The molecule has 2 unspecified atom stereocenters. The molecule has 7 rings (SSSR count). The van der Waals surface area contributed by atoms with Crippen LogP contribution in [-0.4, -0.2) is 45.3 Å². The molecule has 3 aliphatic heterocycles. The number of hydrogen-bond acceptors (Lipinski definition) is 6. The van der Waals surface area contributed by atoms with E-state index in [1.807, 2.05) is 31.3 Å². The zero-order valence-corrected chi connectivity index (χ0v) is 19.4. The van der Waals surface area contributed by atoms with Crippen molar-refractivity contribution in [2.24, 2.45) is 0 Å². The van der Waals surface area contributed by atoms with Crippen molar-refractivity contribution in [3.05, 3.63) is 64.5 Å². The number of fused-ring (bicyclic) bond motifs is 3. The standard InChI is InChI=1S/C24H22Cl2N6O/c1-13(23-19(25)9-27-10-20(23)26)33-17-3-4-21-18(7-17)24(31-30-21)14-2-5-22(28-8-14)32-11-15-6-16(12-32)29-15/h2-5,7-10,13,15-16,29H,6,11-12H2,1H3,(H,30,31)/t13-,15?,16?/m1/s1. The van der Waals surface area contributed by atoms with Gasteiger partial charge in [-0.05, 0) is 43.7 Å². The average molecular weight is 481 g/mol. The lowest BCUT2D eigenvalue weighted by Crippen LogP contribution is -2.67. The van der Waals surface area contributed by atoms with Gasteiger partial charge in [-0.1, -0.05) is 23.2 Å². The van der Waals surface area contributed by atoms with Crippen LogP contribution in [0.25, 0.3) is 22.2 Å². The van der Waals surface area contributed by atoms with E-state index in [0.717, 1.165) is 41.1 Å². The first-order valence-electron chi connectivity index (χ1n) is 11.0. The van der Waals surface area contributed by atoms with Crippen LogP contribution >= 0.6 is 23.2 Å². The van der Waals surface area contributed by atoms with Crippen molar-refractivity contribution < 1.29 is 4.74 Å². The highest BCUT2D eigenvalue weighted by molar-refractivity contribution is 6.35. The molecule has 4 aromatic rings. The molecule has 9 heteroatoms. The molecule has 3 aliphatic rings. The van der Waals surface area contributed by atoms with E-state index in [0.29, 0.717) is 33.4 Å². The van der Waals surface area contributed by atoms with Gasteiger partial charge < -0.3 is 15.0 Å². The van der Waals surface area contributed by atoms with Gasteiger partial charge in [0.1, 0.15) is 23.4 Å². The van der Waals surface area contributed by atoms with Crippen LogP contribution in [0.1, 0.15) is 25.0 Å². The predicted octanol–water partition coefficient (Wildman–Crippen LogP) is 5.02. The number of benzene rings is 1. The maximum atomic E-state index is 6.30. The van der Waals surface area contributed by atoms with Gasteiger partial charge in [-0.25, -0.2) is 4.98 Å². The Balaban J connectivity index is 1.26. The third kappa shape index (κ3) is 3.80. The molecule has 2 N–H and O–H groups in total. The Morgan fingerprint density at radius 1 is 1.06 bits per heavy atom. The number of aromatic nitrogens is 4. The van der Waals surface area contributed by atoms with Gasteiger partial charge in [0.2, 0.25) is 0 Å². The normalized spacial score (nSPS) is 20.5. The molecule has 3 atom stereocenters. The molecule has 3 aromatic heterocycles. The Bertz CT molecular complexity index is 1290. The zero-order valence-electron chi connectivity index (χ0n) is 17.9. The van der Waals surface area contributed by atoms with Crippen LogP contribution in [0.2, 0.25) is 10.0 Å². The van der Waals surface area contributed by atoms with Crippen LogP contribution in [0.15, 0.2) is 48.9 Å². The SMILES string of the molecule is C[C@@H](Oc1ccc2[nH]nc(-c3ccc(N4CC5CC(C4)N5)nc3)c2c1)c1c(Cl)cncc1Cl. The van der Waals surface area contributed by atoms with E-state index in [4.69, 9.17) is 32.9 Å². The number of rotatable bonds is 5. The van der Waals surface area contributed by atoms with Crippen LogP contribution in [0, 0.1) is 0 Å². The number of pyridine rings is 2. The lowest BCUT2D eigenvalue weighted by Gasteiger charge is -2.48. The maximum absolute atomic E-state index is 6.30. The van der Waals surface area contributed by atoms with Gasteiger partial charge in [0.05, 0.1) is 15.6 Å². The fourth-order valence-corrected chi connectivity index (χ4v) is 5.44. The minimum Gasteiger partial charge on any atom is -0.486 e. The molecule has 0 radical (unpaired) electrons. The fourth-order valence-electron chi connectivity index (χ4n) is 4.77. The summed E-state index contributed by atoms with van der Waals surface area (Å²) in [5.74, 6) is 1.71. The number of H-pyrrole nitrogens is 1. The summed E-state index contributed by atoms with van der Waals surface area (Å²) in [6, 6.07) is 11.2. The number of halogens is 2. The van der Waals surface area contributed by atoms with Crippen molar-refractivity contribution in [2.75, 3.05) is 18.0 Å². The molecule has 2 bridgehead atoms. The van der Waals surface area contributed by atoms with E-state index in [2.05, 4.69) is 37.5 Å². The monoisotopic (exact) mass is 480 g/mol. The second-order valence-corrected chi connectivity index (χ2v) is 9.48. The van der Waals surface area contributed by atoms with Crippen LogP contribution < -0.4 is 15.0 Å². The quantitative estimate of drug-likeness (QED) is 0.417. The van der Waals surface area contributed by atoms with E-state index < -0.39 is 0 Å². The summed E-state index contributed by atoms with van der Waals surface area (Å²) in [5.41, 5.74) is 3.43. The van der Waals surface area contributed by atoms with Crippen molar-refractivity contribution in [1.29, 1.82) is 0 Å². The third-order valence-corrected chi connectivity index (χ3v) is 7.01. The molecule has 3 fully saturated rings. The van der Waals surface area contributed by atoms with Crippen molar-refractivity contribution in [2.45, 2.75) is 31.5 Å². The smallest absolute Gasteiger partial charge is 0.128 e. The Morgan fingerprint density at radius 2 is 1.82 bits per heavy atom. The number of aromatic amines is 1. The molecule has 6 heterocycles. The highest BCUT2D eigenvalue weighted by Crippen LogP contribution is 2.35. The molecular weight excluding hydrogens is 459 g/mol. The number of ether oxygens (including phenoxy) is 1. The van der Waals surface area contributed by atoms with Crippen molar-refractivity contribution in [3.8, 4) is 17.0 Å². The molecule has 33 heavy (non-hydrogen) atoms. The molecule has 0 amide bonds. The predicted molar refractivity (Wildman–Crippen MR) is 130 cm³/mol. The van der Waals surface area contributed by atoms with Crippen LogP contribution in [0.5, 0.6) is 5.75 Å². The second-order valence-electron chi connectivity index (χ2n) is 8.66. The summed E-state index contributed by atoms with van der Waals surface area (Å²) in [5, 5.41) is 13.1. The van der Waals surface area contributed by atoms with E-state index >= 15 is 0 Å². The van der Waals surface area contributed by atoms with Gasteiger partial charge in [-0.2, -0.15) is 5.10 Å². The summed E-state index contributed by atoms with van der Waals surface area (Å²) >= 11 is 12.6. The first-order valence-corrected chi connectivity index (χ1v) is 11.7. The number of nitrogens with one attached hydrogen (secondary N) is 2. The largest absolute Gasteiger partial charge is 0.486 e. The van der Waals surface area contributed by atoms with E-state index in [-0.39, 0.29) is 6.10 Å². The van der Waals surface area contributed by atoms with Crippen LogP contribution in [-0.2, 0) is 0 Å². The number of piperidine rings is 1. The number of anilines is 1. The van der Waals surface area contributed by atoms with Gasteiger partial charge in [0.25, 0.3) is 0 Å². The van der Waals surface area contributed by atoms with Crippen molar-refractivity contribution in [3.63, 3.8) is 0 Å². The molecule has 0 aliphatic carbocycles. The van der Waals surface area contributed by atoms with Crippen molar-refractivity contribution >= 4 is 39.9 Å². The Hall–Kier alpha value is -2.87.